The van der Waals surface area contributed by atoms with Crippen molar-refractivity contribution in [3.05, 3.63) is 71.8 Å². The maximum Gasteiger partial charge on any atom is 0.217 e. The summed E-state index contributed by atoms with van der Waals surface area (Å²) >= 11 is 0. The van der Waals surface area contributed by atoms with E-state index in [-0.39, 0.29) is 11.6 Å². The number of Topliss-reactive ketones (excluding diaryl/α,β-unsaturated/α-hetero) is 1. The number of hydrogen-bond acceptors (Lipinski definition) is 6. The van der Waals surface area contributed by atoms with Crippen LogP contribution in [0, 0.1) is 0 Å². The molecule has 0 amide bonds. The molecule has 0 unspecified atom stereocenters. The van der Waals surface area contributed by atoms with Crippen LogP contribution in [0.1, 0.15) is 48.7 Å². The lowest BCUT2D eigenvalue weighted by molar-refractivity contribution is 0.0978. The molecule has 0 aliphatic heterocycles. The lowest BCUT2D eigenvalue weighted by Gasteiger charge is -2.09. The molecule has 156 valence electrons. The van der Waals surface area contributed by atoms with E-state index in [0.717, 1.165) is 28.7 Å². The summed E-state index contributed by atoms with van der Waals surface area (Å²) < 4.78 is 1.78. The SMILES string of the molecule is CCC=Cc1nc(C(=O)CC)nn1Cc1ccc(-c2ccccc2-c2nn[nH]n2)cc1. The quantitative estimate of drug-likeness (QED) is 0.435. The minimum atomic E-state index is -0.0571. The van der Waals surface area contributed by atoms with E-state index in [1.54, 1.807) is 4.68 Å². The number of nitrogens with one attached hydrogen (secondary N) is 1. The fraction of sp³-hybridized carbons (Fsp3) is 0.217. The average molecular weight is 413 g/mol. The highest BCUT2D eigenvalue weighted by Gasteiger charge is 2.14. The highest BCUT2D eigenvalue weighted by molar-refractivity contribution is 5.92. The van der Waals surface area contributed by atoms with Crippen LogP contribution in [0.2, 0.25) is 0 Å². The monoisotopic (exact) mass is 413 g/mol. The summed E-state index contributed by atoms with van der Waals surface area (Å²) in [4.78, 5) is 16.5. The van der Waals surface area contributed by atoms with Crippen molar-refractivity contribution in [3.8, 4) is 22.5 Å². The topological polar surface area (TPSA) is 102 Å². The van der Waals surface area contributed by atoms with E-state index in [1.165, 1.54) is 0 Å². The van der Waals surface area contributed by atoms with Gasteiger partial charge in [-0.05, 0) is 34.4 Å². The van der Waals surface area contributed by atoms with E-state index in [1.807, 2.05) is 43.3 Å². The van der Waals surface area contributed by atoms with Gasteiger partial charge in [0.25, 0.3) is 0 Å². The molecule has 8 nitrogen and oxygen atoms in total. The lowest BCUT2D eigenvalue weighted by Crippen LogP contribution is -2.06. The van der Waals surface area contributed by atoms with E-state index in [9.17, 15) is 4.79 Å². The number of carbonyl (C=O) groups is 1. The number of benzene rings is 2. The summed E-state index contributed by atoms with van der Waals surface area (Å²) in [5.74, 6) is 1.45. The summed E-state index contributed by atoms with van der Waals surface area (Å²) in [6, 6.07) is 16.2. The van der Waals surface area contributed by atoms with Crippen molar-refractivity contribution in [2.24, 2.45) is 0 Å². The Morgan fingerprint density at radius 3 is 2.52 bits per heavy atom. The maximum absolute atomic E-state index is 12.1. The standard InChI is InChI=1S/C23H23N7O/c1-3-5-10-21-24-23(20(31)4-2)27-30(21)15-16-11-13-17(14-12-16)18-8-6-7-9-19(18)22-25-28-29-26-22/h5-14H,3-4,15H2,1-2H3,(H,25,26,28,29). The van der Waals surface area contributed by atoms with E-state index < -0.39 is 0 Å². The fourth-order valence-corrected chi connectivity index (χ4v) is 3.26. The first-order valence-electron chi connectivity index (χ1n) is 10.3. The third kappa shape index (κ3) is 4.48. The number of hydrogen-bond donors (Lipinski definition) is 1. The van der Waals surface area contributed by atoms with Crippen LogP contribution in [0.4, 0.5) is 0 Å². The number of aromatic amines is 1. The molecule has 2 heterocycles. The molecule has 1 N–H and O–H groups in total. The van der Waals surface area contributed by atoms with Crippen molar-refractivity contribution in [2.45, 2.75) is 33.2 Å². The van der Waals surface area contributed by atoms with Crippen LogP contribution in [0.5, 0.6) is 0 Å². The number of nitrogens with zero attached hydrogens (tertiary/aromatic N) is 6. The van der Waals surface area contributed by atoms with Gasteiger partial charge < -0.3 is 0 Å². The number of aromatic nitrogens is 7. The maximum atomic E-state index is 12.1. The zero-order valence-electron chi connectivity index (χ0n) is 17.5. The van der Waals surface area contributed by atoms with Gasteiger partial charge in [-0.2, -0.15) is 5.21 Å². The molecule has 0 spiro atoms. The Morgan fingerprint density at radius 2 is 1.84 bits per heavy atom. The van der Waals surface area contributed by atoms with Crippen molar-refractivity contribution < 1.29 is 4.79 Å². The Hall–Kier alpha value is -3.94. The number of tetrazole rings is 1. The van der Waals surface area contributed by atoms with Crippen LogP contribution in [-0.2, 0) is 6.54 Å². The zero-order chi connectivity index (χ0) is 21.6. The minimum Gasteiger partial charge on any atom is -0.291 e. The van der Waals surface area contributed by atoms with Gasteiger partial charge in [-0.1, -0.05) is 68.5 Å². The molecular formula is C23H23N7O. The predicted molar refractivity (Wildman–Crippen MR) is 118 cm³/mol. The third-order valence-corrected chi connectivity index (χ3v) is 4.88. The van der Waals surface area contributed by atoms with Crippen molar-refractivity contribution in [3.63, 3.8) is 0 Å². The first kappa shape index (κ1) is 20.3. The second-order valence-corrected chi connectivity index (χ2v) is 7.02. The zero-order valence-corrected chi connectivity index (χ0v) is 17.5. The molecule has 2 aromatic carbocycles. The van der Waals surface area contributed by atoms with Crippen molar-refractivity contribution in [2.75, 3.05) is 0 Å². The first-order valence-corrected chi connectivity index (χ1v) is 10.3. The number of H-pyrrole nitrogens is 1. The Balaban J connectivity index is 1.61. The van der Waals surface area contributed by atoms with Crippen LogP contribution in [0.25, 0.3) is 28.6 Å². The van der Waals surface area contributed by atoms with E-state index in [2.05, 4.69) is 61.9 Å². The van der Waals surface area contributed by atoms with Crippen LogP contribution in [0.15, 0.2) is 54.6 Å². The van der Waals surface area contributed by atoms with Crippen molar-refractivity contribution in [1.29, 1.82) is 0 Å². The van der Waals surface area contributed by atoms with Crippen LogP contribution >= 0.6 is 0 Å². The van der Waals surface area contributed by atoms with Gasteiger partial charge in [-0.25, -0.2) is 9.67 Å². The third-order valence-electron chi connectivity index (χ3n) is 4.88. The Labute approximate surface area is 180 Å². The summed E-state index contributed by atoms with van der Waals surface area (Å²) in [5, 5.41) is 18.8. The summed E-state index contributed by atoms with van der Waals surface area (Å²) in [6.07, 6.45) is 5.20. The van der Waals surface area contributed by atoms with Crippen LogP contribution in [-0.4, -0.2) is 41.2 Å². The van der Waals surface area contributed by atoms with Crippen LogP contribution in [0.3, 0.4) is 0 Å². The van der Waals surface area contributed by atoms with Gasteiger partial charge in [0.1, 0.15) is 0 Å². The summed E-state index contributed by atoms with van der Waals surface area (Å²) in [7, 11) is 0. The summed E-state index contributed by atoms with van der Waals surface area (Å²) in [6.45, 7) is 4.40. The van der Waals surface area contributed by atoms with Crippen molar-refractivity contribution in [1.82, 2.24) is 35.4 Å². The van der Waals surface area contributed by atoms with Crippen molar-refractivity contribution >= 4 is 11.9 Å². The smallest absolute Gasteiger partial charge is 0.217 e. The van der Waals surface area contributed by atoms with Gasteiger partial charge >= 0.3 is 0 Å². The van der Waals surface area contributed by atoms with E-state index in [0.29, 0.717) is 24.6 Å². The highest BCUT2D eigenvalue weighted by atomic mass is 16.1. The molecule has 31 heavy (non-hydrogen) atoms. The first-order chi connectivity index (χ1) is 15.2. The van der Waals surface area contributed by atoms with E-state index >= 15 is 0 Å². The molecule has 4 aromatic rings. The van der Waals surface area contributed by atoms with Gasteiger partial charge in [0.05, 0.1) is 6.54 Å². The minimum absolute atomic E-state index is 0.0571. The average Bonchev–Trinajstić information content (AvgIpc) is 3.48. The largest absolute Gasteiger partial charge is 0.291 e. The fourth-order valence-electron chi connectivity index (χ4n) is 3.26. The number of rotatable bonds is 8. The molecular weight excluding hydrogens is 390 g/mol. The second-order valence-electron chi connectivity index (χ2n) is 7.02. The molecule has 4 rings (SSSR count). The molecule has 0 fully saturated rings. The molecule has 0 saturated heterocycles. The Kier molecular flexibility index (Phi) is 6.07. The second kappa shape index (κ2) is 9.25. The lowest BCUT2D eigenvalue weighted by atomic mass is 9.98. The van der Waals surface area contributed by atoms with Gasteiger partial charge in [-0.3, -0.25) is 4.79 Å². The highest BCUT2D eigenvalue weighted by Crippen LogP contribution is 2.29. The molecule has 0 atom stereocenters. The molecule has 2 aromatic heterocycles. The molecule has 0 bridgehead atoms. The van der Waals surface area contributed by atoms with Gasteiger partial charge in [0, 0.05) is 12.0 Å². The molecule has 8 heteroatoms. The number of ketones is 1. The Morgan fingerprint density at radius 1 is 1.06 bits per heavy atom. The molecule has 0 radical (unpaired) electrons. The predicted octanol–water partition coefficient (Wildman–Crippen LogP) is 4.19. The van der Waals surface area contributed by atoms with Gasteiger partial charge in [-0.15, -0.1) is 15.3 Å². The molecule has 0 aliphatic carbocycles. The molecule has 0 aliphatic rings. The summed E-state index contributed by atoms with van der Waals surface area (Å²) in [5.41, 5.74) is 4.05. The number of allylic oxidation sites excluding steroid dienone is 1. The normalized spacial score (nSPS) is 11.3. The number of carbonyl (C=O) groups excluding carboxylic acids is 1. The van der Waals surface area contributed by atoms with E-state index in [4.69, 9.17) is 0 Å². The Bertz CT molecular complexity index is 1190. The van der Waals surface area contributed by atoms with Gasteiger partial charge in [0.15, 0.2) is 5.82 Å². The van der Waals surface area contributed by atoms with Crippen LogP contribution < -0.4 is 0 Å². The molecule has 0 saturated carbocycles. The van der Waals surface area contributed by atoms with Gasteiger partial charge in [0.2, 0.25) is 17.4 Å².